The lowest BCUT2D eigenvalue weighted by Gasteiger charge is -2.27. The summed E-state index contributed by atoms with van der Waals surface area (Å²) in [6, 6.07) is -0.959. The summed E-state index contributed by atoms with van der Waals surface area (Å²) in [4.78, 5) is 21.6. The molecule has 16 heavy (non-hydrogen) atoms. The Balaban J connectivity index is 2.75. The molecular weight excluding hydrogens is 227 g/mol. The Morgan fingerprint density at radius 2 is 2.00 bits per heavy atom. The summed E-state index contributed by atoms with van der Waals surface area (Å²) >= 11 is 0. The molecule has 0 spiro atoms. The normalized spacial score (nSPS) is 30.1. The molecule has 0 aromatic carbocycles. The molecule has 0 bridgehead atoms. The molecule has 1 aliphatic rings. The molecule has 7 heteroatoms. The topological polar surface area (TPSA) is 66.4 Å². The summed E-state index contributed by atoms with van der Waals surface area (Å²) in [5.74, 6) is -3.26. The Kier molecular flexibility index (Phi) is 3.16. The Morgan fingerprint density at radius 3 is 2.44 bits per heavy atom. The minimum atomic E-state index is -4.97. The highest BCUT2D eigenvalue weighted by Crippen LogP contribution is 2.38. The largest absolute Gasteiger partial charge is 0.481 e. The third-order valence-corrected chi connectivity index (χ3v) is 3.01. The molecule has 0 saturated heterocycles. The Hall–Kier alpha value is -1.27. The van der Waals surface area contributed by atoms with E-state index in [4.69, 9.17) is 5.11 Å². The molecule has 0 heterocycles. The van der Waals surface area contributed by atoms with E-state index in [-0.39, 0.29) is 12.8 Å². The standard InChI is InChI=1S/C9H12F3NO3/c1-8(7(15)16)4-2-3-5(8)13-6(14)9(10,11)12/h5H,2-4H2,1H3,(H,13,14)(H,15,16). The molecule has 1 saturated carbocycles. The summed E-state index contributed by atoms with van der Waals surface area (Å²) in [5, 5.41) is 10.7. The molecule has 0 aromatic heterocycles. The van der Waals surface area contributed by atoms with E-state index in [1.165, 1.54) is 6.92 Å². The Morgan fingerprint density at radius 1 is 1.44 bits per heavy atom. The van der Waals surface area contributed by atoms with Crippen LogP contribution in [0.5, 0.6) is 0 Å². The van der Waals surface area contributed by atoms with Crippen LogP contribution in [0.1, 0.15) is 26.2 Å². The Labute approximate surface area is 89.8 Å². The smallest absolute Gasteiger partial charge is 0.471 e. The summed E-state index contributed by atoms with van der Waals surface area (Å²) in [5.41, 5.74) is -1.30. The van der Waals surface area contributed by atoms with Gasteiger partial charge < -0.3 is 10.4 Å². The fourth-order valence-corrected chi connectivity index (χ4v) is 1.89. The van der Waals surface area contributed by atoms with E-state index in [1.54, 1.807) is 5.32 Å². The van der Waals surface area contributed by atoms with E-state index in [2.05, 4.69) is 0 Å². The zero-order chi connectivity index (χ0) is 12.6. The number of hydrogen-bond donors (Lipinski definition) is 2. The summed E-state index contributed by atoms with van der Waals surface area (Å²) < 4.78 is 36.0. The van der Waals surface area contributed by atoms with E-state index >= 15 is 0 Å². The SMILES string of the molecule is CC1(C(=O)O)CCCC1NC(=O)C(F)(F)F. The van der Waals surface area contributed by atoms with Crippen LogP contribution in [0.25, 0.3) is 0 Å². The lowest BCUT2D eigenvalue weighted by molar-refractivity contribution is -0.175. The molecule has 2 atom stereocenters. The van der Waals surface area contributed by atoms with Gasteiger partial charge in [-0.1, -0.05) is 6.42 Å². The average Bonchev–Trinajstić information content (AvgIpc) is 2.47. The number of carbonyl (C=O) groups excluding carboxylic acids is 1. The van der Waals surface area contributed by atoms with Crippen molar-refractivity contribution >= 4 is 11.9 Å². The number of carbonyl (C=O) groups is 2. The molecule has 0 aromatic rings. The van der Waals surface area contributed by atoms with Crippen molar-refractivity contribution in [2.24, 2.45) is 5.41 Å². The number of rotatable bonds is 2. The molecule has 1 rings (SSSR count). The first-order chi connectivity index (χ1) is 7.18. The van der Waals surface area contributed by atoms with Crippen LogP contribution in [0.4, 0.5) is 13.2 Å². The molecule has 2 unspecified atom stereocenters. The number of carboxylic acids is 1. The zero-order valence-corrected chi connectivity index (χ0v) is 8.60. The second kappa shape index (κ2) is 3.95. The lowest BCUT2D eigenvalue weighted by atomic mass is 9.85. The van der Waals surface area contributed by atoms with Crippen molar-refractivity contribution in [2.45, 2.75) is 38.4 Å². The number of nitrogens with one attached hydrogen (secondary N) is 1. The first-order valence-corrected chi connectivity index (χ1v) is 4.79. The van der Waals surface area contributed by atoms with Crippen LogP contribution >= 0.6 is 0 Å². The fraction of sp³-hybridized carbons (Fsp3) is 0.778. The van der Waals surface area contributed by atoms with Gasteiger partial charge in [-0.15, -0.1) is 0 Å². The van der Waals surface area contributed by atoms with Crippen molar-refractivity contribution in [3.63, 3.8) is 0 Å². The van der Waals surface area contributed by atoms with E-state index in [0.29, 0.717) is 6.42 Å². The van der Waals surface area contributed by atoms with E-state index in [9.17, 15) is 22.8 Å². The van der Waals surface area contributed by atoms with Crippen LogP contribution < -0.4 is 5.32 Å². The van der Waals surface area contributed by atoms with Crippen molar-refractivity contribution in [2.75, 3.05) is 0 Å². The van der Waals surface area contributed by atoms with Crippen LogP contribution in [0.2, 0.25) is 0 Å². The number of carboxylic acid groups (broad SMARTS) is 1. The third kappa shape index (κ3) is 2.28. The second-order valence-electron chi connectivity index (χ2n) is 4.14. The summed E-state index contributed by atoms with van der Waals surface area (Å²) in [6.07, 6.45) is -3.95. The van der Waals surface area contributed by atoms with Gasteiger partial charge in [-0.3, -0.25) is 9.59 Å². The average molecular weight is 239 g/mol. The van der Waals surface area contributed by atoms with E-state index in [0.717, 1.165) is 0 Å². The van der Waals surface area contributed by atoms with Crippen LogP contribution in [0.3, 0.4) is 0 Å². The molecule has 92 valence electrons. The van der Waals surface area contributed by atoms with Gasteiger partial charge in [-0.2, -0.15) is 13.2 Å². The van der Waals surface area contributed by atoms with Crippen LogP contribution in [-0.4, -0.2) is 29.2 Å². The highest BCUT2D eigenvalue weighted by molar-refractivity contribution is 5.83. The van der Waals surface area contributed by atoms with Crippen molar-refractivity contribution in [3.05, 3.63) is 0 Å². The zero-order valence-electron chi connectivity index (χ0n) is 8.60. The Bertz CT molecular complexity index is 316. The van der Waals surface area contributed by atoms with Crippen molar-refractivity contribution in [1.82, 2.24) is 5.32 Å². The van der Waals surface area contributed by atoms with Gasteiger partial charge in [0.2, 0.25) is 0 Å². The van der Waals surface area contributed by atoms with Gasteiger partial charge in [0.05, 0.1) is 5.41 Å². The molecule has 0 aliphatic heterocycles. The molecule has 4 nitrogen and oxygen atoms in total. The third-order valence-electron chi connectivity index (χ3n) is 3.01. The number of halogens is 3. The second-order valence-corrected chi connectivity index (χ2v) is 4.14. The lowest BCUT2D eigenvalue weighted by Crippen LogP contribution is -2.50. The first-order valence-electron chi connectivity index (χ1n) is 4.79. The van der Waals surface area contributed by atoms with Gasteiger partial charge >= 0.3 is 18.1 Å². The van der Waals surface area contributed by atoms with Crippen molar-refractivity contribution < 1.29 is 27.9 Å². The van der Waals surface area contributed by atoms with Crippen molar-refractivity contribution in [3.8, 4) is 0 Å². The van der Waals surface area contributed by atoms with E-state index < -0.39 is 29.5 Å². The molecule has 1 fully saturated rings. The van der Waals surface area contributed by atoms with Crippen LogP contribution in [-0.2, 0) is 9.59 Å². The molecule has 2 N–H and O–H groups in total. The minimum absolute atomic E-state index is 0.255. The molecular formula is C9H12F3NO3. The monoisotopic (exact) mass is 239 g/mol. The van der Waals surface area contributed by atoms with Crippen LogP contribution in [0, 0.1) is 5.41 Å². The van der Waals surface area contributed by atoms with Crippen molar-refractivity contribution in [1.29, 1.82) is 0 Å². The number of hydrogen-bond acceptors (Lipinski definition) is 2. The predicted octanol–water partition coefficient (Wildman–Crippen LogP) is 1.31. The van der Waals surface area contributed by atoms with Crippen LogP contribution in [0.15, 0.2) is 0 Å². The maximum atomic E-state index is 12.0. The fourth-order valence-electron chi connectivity index (χ4n) is 1.89. The number of alkyl halides is 3. The van der Waals surface area contributed by atoms with Gasteiger partial charge in [0.15, 0.2) is 0 Å². The molecule has 1 amide bonds. The first kappa shape index (κ1) is 12.8. The number of aliphatic carboxylic acids is 1. The maximum absolute atomic E-state index is 12.0. The maximum Gasteiger partial charge on any atom is 0.471 e. The highest BCUT2D eigenvalue weighted by atomic mass is 19.4. The summed E-state index contributed by atoms with van der Waals surface area (Å²) in [7, 11) is 0. The van der Waals surface area contributed by atoms with Gasteiger partial charge in [0.1, 0.15) is 0 Å². The van der Waals surface area contributed by atoms with Gasteiger partial charge in [0.25, 0.3) is 0 Å². The summed E-state index contributed by atoms with van der Waals surface area (Å²) in [6.45, 7) is 1.35. The molecule has 0 radical (unpaired) electrons. The predicted molar refractivity (Wildman–Crippen MR) is 47.6 cm³/mol. The van der Waals surface area contributed by atoms with Gasteiger partial charge in [-0.05, 0) is 19.8 Å². The highest BCUT2D eigenvalue weighted by Gasteiger charge is 2.49. The van der Waals surface area contributed by atoms with Gasteiger partial charge in [0, 0.05) is 6.04 Å². The van der Waals surface area contributed by atoms with E-state index in [1.807, 2.05) is 0 Å². The van der Waals surface area contributed by atoms with Gasteiger partial charge in [-0.25, -0.2) is 0 Å². The quantitative estimate of drug-likeness (QED) is 0.763. The molecule has 1 aliphatic carbocycles. The number of amides is 1. The minimum Gasteiger partial charge on any atom is -0.481 e.